The van der Waals surface area contributed by atoms with Crippen molar-refractivity contribution in [2.45, 2.75) is 59.2 Å². The molecule has 0 aliphatic carbocycles. The number of fused-ring (bicyclic) bond motifs is 2. The molecule has 0 spiro atoms. The number of carbonyl (C=O) groups is 1. The Labute approximate surface area is 272 Å². The number of pyridine rings is 1. The zero-order valence-electron chi connectivity index (χ0n) is 26.8. The number of rotatable bonds is 10. The molecule has 3 heterocycles. The van der Waals surface area contributed by atoms with Gasteiger partial charge in [-0.05, 0) is 73.9 Å². The Morgan fingerprint density at radius 2 is 1.83 bits per heavy atom. The van der Waals surface area contributed by atoms with E-state index in [0.717, 1.165) is 44.8 Å². The molecule has 0 amide bonds. The average molecular weight is 635 g/mol. The molecular weight excluding hydrogens is 599 g/mol. The minimum Gasteiger partial charge on any atom is -0.473 e. The summed E-state index contributed by atoms with van der Waals surface area (Å²) in [6.45, 7) is 7.49. The van der Waals surface area contributed by atoms with Crippen molar-refractivity contribution in [2.24, 2.45) is 0 Å². The summed E-state index contributed by atoms with van der Waals surface area (Å²) in [5.74, 6) is 0.338. The van der Waals surface area contributed by atoms with Crippen LogP contribution < -0.4 is 4.74 Å². The molecule has 1 aliphatic rings. The van der Waals surface area contributed by atoms with Gasteiger partial charge in [-0.2, -0.15) is 5.26 Å². The molecule has 47 heavy (non-hydrogen) atoms. The van der Waals surface area contributed by atoms with Gasteiger partial charge < -0.3 is 23.5 Å². The van der Waals surface area contributed by atoms with Gasteiger partial charge in [0.2, 0.25) is 5.88 Å². The van der Waals surface area contributed by atoms with Crippen LogP contribution in [-0.2, 0) is 47.0 Å². The first-order valence-electron chi connectivity index (χ1n) is 15.3. The molecule has 0 bridgehead atoms. The summed E-state index contributed by atoms with van der Waals surface area (Å²) in [5.41, 5.74) is 6.98. The van der Waals surface area contributed by atoms with E-state index >= 15 is 0 Å². The van der Waals surface area contributed by atoms with Crippen molar-refractivity contribution in [1.29, 1.82) is 5.26 Å². The van der Waals surface area contributed by atoms with Crippen LogP contribution >= 0.6 is 0 Å². The van der Waals surface area contributed by atoms with Crippen molar-refractivity contribution in [1.82, 2.24) is 14.5 Å². The summed E-state index contributed by atoms with van der Waals surface area (Å²) >= 11 is 0. The van der Waals surface area contributed by atoms with Gasteiger partial charge in [0.05, 0.1) is 53.7 Å². The number of aromatic nitrogens is 3. The second-order valence-electron chi connectivity index (χ2n) is 12.3. The smallest absolute Gasteiger partial charge is 0.338 e. The largest absolute Gasteiger partial charge is 0.473 e. The normalized spacial score (nSPS) is 12.6. The van der Waals surface area contributed by atoms with Crippen molar-refractivity contribution in [3.05, 3.63) is 112 Å². The van der Waals surface area contributed by atoms with Crippen LogP contribution in [0.15, 0.2) is 66.7 Å². The number of nitrogens with zero attached hydrogens (tertiary/aromatic N) is 4. The third-order valence-electron chi connectivity index (χ3n) is 7.91. The topological polar surface area (TPSA) is 108 Å². The van der Waals surface area contributed by atoms with E-state index < -0.39 is 11.4 Å². The van der Waals surface area contributed by atoms with E-state index in [-0.39, 0.29) is 18.1 Å². The summed E-state index contributed by atoms with van der Waals surface area (Å²) in [6, 6.07) is 21.3. The number of nitriles is 1. The molecule has 0 saturated carbocycles. The fourth-order valence-corrected chi connectivity index (χ4v) is 5.65. The number of methoxy groups -OCH3 is 1. The molecule has 3 aromatic carbocycles. The number of imidazole rings is 1. The molecule has 9 nitrogen and oxygen atoms in total. The van der Waals surface area contributed by atoms with E-state index in [9.17, 15) is 9.18 Å². The lowest BCUT2D eigenvalue weighted by atomic mass is 9.94. The molecule has 10 heteroatoms. The second-order valence-corrected chi connectivity index (χ2v) is 12.3. The minimum absolute atomic E-state index is 0.0164. The lowest BCUT2D eigenvalue weighted by Gasteiger charge is -2.19. The molecule has 2 aromatic heterocycles. The van der Waals surface area contributed by atoms with Crippen LogP contribution in [0, 0.1) is 17.1 Å². The zero-order chi connectivity index (χ0) is 33.1. The number of ether oxygens (including phenoxy) is 4. The molecule has 240 valence electrons. The molecule has 0 unspecified atom stereocenters. The Kier molecular flexibility index (Phi) is 9.03. The average Bonchev–Trinajstić information content (AvgIpc) is 3.67. The zero-order valence-corrected chi connectivity index (χ0v) is 26.8. The van der Waals surface area contributed by atoms with Gasteiger partial charge in [0.15, 0.2) is 0 Å². The van der Waals surface area contributed by atoms with E-state index in [1.165, 1.54) is 6.07 Å². The quantitative estimate of drug-likeness (QED) is 0.153. The minimum atomic E-state index is -0.600. The van der Waals surface area contributed by atoms with Gasteiger partial charge in [-0.15, -0.1) is 0 Å². The fourth-order valence-electron chi connectivity index (χ4n) is 5.65. The van der Waals surface area contributed by atoms with Crippen LogP contribution in [-0.4, -0.2) is 39.8 Å². The molecule has 1 aliphatic heterocycles. The first kappa shape index (κ1) is 31.9. The van der Waals surface area contributed by atoms with Crippen LogP contribution in [0.5, 0.6) is 5.88 Å². The van der Waals surface area contributed by atoms with Gasteiger partial charge in [0, 0.05) is 37.3 Å². The highest BCUT2D eigenvalue weighted by Crippen LogP contribution is 2.35. The predicted octanol–water partition coefficient (Wildman–Crippen LogP) is 6.91. The monoisotopic (exact) mass is 634 g/mol. The standard InChI is InChI=1S/C37H35FN4O5/c1-37(2,3)47-36(43)25-11-13-32-33(17-25)42(14-15-44-4)34(40-32)18-24-10-12-27(29-22-45-21-28(24)29)31-6-5-7-35(41-31)46-20-26-9-8-23(19-39)16-30(26)38/h5-13,16-17H,14-15,18,20-22H2,1-4H3. The molecule has 6 rings (SSSR count). The highest BCUT2D eigenvalue weighted by Gasteiger charge is 2.24. The Hall–Kier alpha value is -5.11. The van der Waals surface area contributed by atoms with E-state index in [1.54, 1.807) is 31.4 Å². The van der Waals surface area contributed by atoms with Gasteiger partial charge in [0.25, 0.3) is 0 Å². The summed E-state index contributed by atoms with van der Waals surface area (Å²) in [6.07, 6.45) is 0.554. The lowest BCUT2D eigenvalue weighted by Crippen LogP contribution is -2.23. The van der Waals surface area contributed by atoms with Crippen molar-refractivity contribution in [3.8, 4) is 23.2 Å². The van der Waals surface area contributed by atoms with Crippen molar-refractivity contribution >= 4 is 17.0 Å². The first-order chi connectivity index (χ1) is 22.6. The number of halogens is 1. The van der Waals surface area contributed by atoms with E-state index in [4.69, 9.17) is 34.2 Å². The highest BCUT2D eigenvalue weighted by atomic mass is 19.1. The number of benzene rings is 3. The Morgan fingerprint density at radius 3 is 2.60 bits per heavy atom. The summed E-state index contributed by atoms with van der Waals surface area (Å²) in [4.78, 5) is 22.5. The van der Waals surface area contributed by atoms with Crippen molar-refractivity contribution < 1.29 is 28.1 Å². The van der Waals surface area contributed by atoms with E-state index in [1.807, 2.05) is 57.2 Å². The molecule has 5 aromatic rings. The van der Waals surface area contributed by atoms with Gasteiger partial charge in [-0.3, -0.25) is 0 Å². The van der Waals surface area contributed by atoms with Crippen molar-refractivity contribution in [3.63, 3.8) is 0 Å². The van der Waals surface area contributed by atoms with Crippen LogP contribution in [0.3, 0.4) is 0 Å². The third kappa shape index (κ3) is 7.02. The van der Waals surface area contributed by atoms with Gasteiger partial charge >= 0.3 is 5.97 Å². The Bertz CT molecular complexity index is 2010. The predicted molar refractivity (Wildman–Crippen MR) is 173 cm³/mol. The molecular formula is C37H35FN4O5. The van der Waals surface area contributed by atoms with Crippen LogP contribution in [0.25, 0.3) is 22.3 Å². The number of hydrogen-bond acceptors (Lipinski definition) is 8. The number of hydrogen-bond donors (Lipinski definition) is 0. The Balaban J connectivity index is 1.28. The summed E-state index contributed by atoms with van der Waals surface area (Å²) < 4.78 is 39.3. The van der Waals surface area contributed by atoms with Crippen LogP contribution in [0.4, 0.5) is 4.39 Å². The number of carbonyl (C=O) groups excluding carboxylic acids is 1. The third-order valence-corrected chi connectivity index (χ3v) is 7.91. The second kappa shape index (κ2) is 13.3. The van der Waals surface area contributed by atoms with E-state index in [2.05, 4.69) is 10.6 Å². The maximum atomic E-state index is 14.4. The lowest BCUT2D eigenvalue weighted by molar-refractivity contribution is 0.00696. The maximum absolute atomic E-state index is 14.4. The fraction of sp³-hybridized carbons (Fsp3) is 0.297. The van der Waals surface area contributed by atoms with E-state index in [0.29, 0.717) is 49.8 Å². The van der Waals surface area contributed by atoms with Crippen molar-refractivity contribution in [2.75, 3.05) is 13.7 Å². The van der Waals surface area contributed by atoms with Gasteiger partial charge in [0.1, 0.15) is 23.8 Å². The van der Waals surface area contributed by atoms with Crippen LogP contribution in [0.1, 0.15) is 64.8 Å². The molecule has 0 fully saturated rings. The summed E-state index contributed by atoms with van der Waals surface area (Å²) in [5, 5.41) is 8.99. The highest BCUT2D eigenvalue weighted by molar-refractivity contribution is 5.94. The number of esters is 1. The van der Waals surface area contributed by atoms with Gasteiger partial charge in [-0.25, -0.2) is 19.2 Å². The Morgan fingerprint density at radius 1 is 1.02 bits per heavy atom. The first-order valence-corrected chi connectivity index (χ1v) is 15.3. The molecule has 0 radical (unpaired) electrons. The molecule has 0 N–H and O–H groups in total. The molecule has 0 saturated heterocycles. The van der Waals surface area contributed by atoms with Crippen LogP contribution in [0.2, 0.25) is 0 Å². The maximum Gasteiger partial charge on any atom is 0.338 e. The summed E-state index contributed by atoms with van der Waals surface area (Å²) in [7, 11) is 1.66. The molecule has 0 atom stereocenters. The van der Waals surface area contributed by atoms with Gasteiger partial charge in [-0.1, -0.05) is 24.3 Å². The SMILES string of the molecule is COCCn1c(Cc2ccc(-c3cccc(OCc4ccc(C#N)cc4F)n3)c3c2COC3)nc2ccc(C(=O)OC(C)(C)C)cc21.